The number of hydrogen-bond acceptors (Lipinski definition) is 6. The lowest BCUT2D eigenvalue weighted by molar-refractivity contribution is -0.142. The Balaban J connectivity index is 2.22. The Morgan fingerprint density at radius 3 is 2.87 bits per heavy atom. The fraction of sp³-hybridized carbons (Fsp3) is 0.412. The summed E-state index contributed by atoms with van der Waals surface area (Å²) in [6.07, 6.45) is 0.607. The van der Waals surface area contributed by atoms with Gasteiger partial charge in [0, 0.05) is 23.4 Å². The van der Waals surface area contributed by atoms with Gasteiger partial charge >= 0.3 is 11.6 Å². The molecule has 1 aromatic heterocycles. The van der Waals surface area contributed by atoms with Gasteiger partial charge in [-0.05, 0) is 19.4 Å². The molecular formula is C17H18O6. The smallest absolute Gasteiger partial charge is 0.340 e. The fourth-order valence-corrected chi connectivity index (χ4v) is 2.99. The molecule has 6 heteroatoms. The summed E-state index contributed by atoms with van der Waals surface area (Å²) < 4.78 is 21.3. The molecule has 0 N–H and O–H groups in total. The summed E-state index contributed by atoms with van der Waals surface area (Å²) >= 11 is 0. The van der Waals surface area contributed by atoms with Gasteiger partial charge in [-0.3, -0.25) is 4.79 Å². The molecule has 6 nitrogen and oxygen atoms in total. The van der Waals surface area contributed by atoms with Gasteiger partial charge in [-0.1, -0.05) is 0 Å². The Bertz CT molecular complexity index is 833. The summed E-state index contributed by atoms with van der Waals surface area (Å²) in [7, 11) is 1.54. The molecule has 0 unspecified atom stereocenters. The lowest BCUT2D eigenvalue weighted by Crippen LogP contribution is -2.17. The van der Waals surface area contributed by atoms with E-state index < -0.39 is 11.6 Å². The van der Waals surface area contributed by atoms with Gasteiger partial charge in [-0.25, -0.2) is 4.79 Å². The third-order valence-corrected chi connectivity index (χ3v) is 4.03. The van der Waals surface area contributed by atoms with Gasteiger partial charge in [0.2, 0.25) is 0 Å². The molecule has 23 heavy (non-hydrogen) atoms. The van der Waals surface area contributed by atoms with E-state index in [1.165, 1.54) is 0 Å². The highest BCUT2D eigenvalue weighted by molar-refractivity contribution is 5.90. The first-order chi connectivity index (χ1) is 11.1. The zero-order chi connectivity index (χ0) is 16.6. The van der Waals surface area contributed by atoms with E-state index in [1.54, 1.807) is 20.1 Å². The third kappa shape index (κ3) is 2.54. The van der Waals surface area contributed by atoms with E-state index in [1.807, 2.05) is 6.92 Å². The topological polar surface area (TPSA) is 75.0 Å². The Hall–Kier alpha value is -2.50. The van der Waals surface area contributed by atoms with Crippen LogP contribution in [0.3, 0.4) is 0 Å². The van der Waals surface area contributed by atoms with Crippen LogP contribution in [0.15, 0.2) is 15.3 Å². The molecule has 0 fully saturated rings. The maximum absolute atomic E-state index is 12.2. The molecule has 1 aliphatic rings. The van der Waals surface area contributed by atoms with Crippen molar-refractivity contribution >= 4 is 16.9 Å². The second-order valence-electron chi connectivity index (χ2n) is 5.33. The van der Waals surface area contributed by atoms with Crippen molar-refractivity contribution in [2.75, 3.05) is 20.3 Å². The number of esters is 1. The van der Waals surface area contributed by atoms with Crippen LogP contribution in [0.1, 0.15) is 23.6 Å². The van der Waals surface area contributed by atoms with Crippen LogP contribution >= 0.6 is 0 Å². The number of methoxy groups -OCH3 is 1. The first kappa shape index (κ1) is 15.4. The van der Waals surface area contributed by atoms with Crippen molar-refractivity contribution in [3.05, 3.63) is 33.2 Å². The molecule has 0 radical (unpaired) electrons. The summed E-state index contributed by atoms with van der Waals surface area (Å²) in [6, 6.07) is 1.65. The number of rotatable bonds is 4. The number of carbonyl (C=O) groups is 1. The first-order valence-electron chi connectivity index (χ1n) is 7.51. The van der Waals surface area contributed by atoms with Gasteiger partial charge in [0.15, 0.2) is 11.5 Å². The van der Waals surface area contributed by atoms with E-state index in [0.29, 0.717) is 35.7 Å². The molecule has 2 heterocycles. The van der Waals surface area contributed by atoms with Crippen LogP contribution in [0.2, 0.25) is 0 Å². The molecule has 0 aliphatic carbocycles. The monoisotopic (exact) mass is 318 g/mol. The molecule has 3 rings (SSSR count). The lowest BCUT2D eigenvalue weighted by atomic mass is 9.98. The van der Waals surface area contributed by atoms with Crippen molar-refractivity contribution in [3.63, 3.8) is 0 Å². The second kappa shape index (κ2) is 5.95. The predicted molar refractivity (Wildman–Crippen MR) is 83.3 cm³/mol. The molecular weight excluding hydrogens is 300 g/mol. The number of ether oxygens (including phenoxy) is 3. The minimum Gasteiger partial charge on any atom is -0.493 e. The van der Waals surface area contributed by atoms with Crippen LogP contribution in [-0.4, -0.2) is 26.3 Å². The normalized spacial score (nSPS) is 12.8. The molecule has 1 aromatic carbocycles. The van der Waals surface area contributed by atoms with Crippen molar-refractivity contribution in [3.8, 4) is 11.5 Å². The van der Waals surface area contributed by atoms with E-state index in [4.69, 9.17) is 18.6 Å². The first-order valence-corrected chi connectivity index (χ1v) is 7.51. The highest BCUT2D eigenvalue weighted by Gasteiger charge is 2.25. The van der Waals surface area contributed by atoms with E-state index >= 15 is 0 Å². The van der Waals surface area contributed by atoms with Gasteiger partial charge < -0.3 is 18.6 Å². The van der Waals surface area contributed by atoms with Crippen molar-refractivity contribution in [1.29, 1.82) is 0 Å². The summed E-state index contributed by atoms with van der Waals surface area (Å²) in [5, 5.41) is 0.817. The molecule has 0 saturated carbocycles. The molecule has 0 amide bonds. The number of carbonyl (C=O) groups excluding carboxylic acids is 1. The Morgan fingerprint density at radius 1 is 1.39 bits per heavy atom. The molecule has 0 saturated heterocycles. The quantitative estimate of drug-likeness (QED) is 0.635. The van der Waals surface area contributed by atoms with Gasteiger partial charge in [-0.2, -0.15) is 0 Å². The van der Waals surface area contributed by atoms with Crippen molar-refractivity contribution < 1.29 is 23.4 Å². The standard InChI is InChI=1S/C17H18O6/c1-4-21-14(18)7-11-9(2)15-10-5-6-22-16(10)13(20-3)8-12(15)23-17(11)19/h8H,4-7H2,1-3H3. The predicted octanol–water partition coefficient (Wildman–Crippen LogP) is 2.15. The maximum Gasteiger partial charge on any atom is 0.340 e. The Labute approximate surface area is 132 Å². The lowest BCUT2D eigenvalue weighted by Gasteiger charge is -2.13. The zero-order valence-electron chi connectivity index (χ0n) is 13.4. The van der Waals surface area contributed by atoms with Crippen molar-refractivity contribution in [2.24, 2.45) is 0 Å². The fourth-order valence-electron chi connectivity index (χ4n) is 2.99. The SMILES string of the molecule is CCOC(=O)Cc1c(C)c2c3c(c(OC)cc2oc1=O)OCC3. The van der Waals surface area contributed by atoms with Crippen molar-refractivity contribution in [2.45, 2.75) is 26.7 Å². The van der Waals surface area contributed by atoms with E-state index in [9.17, 15) is 9.59 Å². The minimum absolute atomic E-state index is 0.0976. The Kier molecular flexibility index (Phi) is 3.98. The van der Waals surface area contributed by atoms with Gasteiger partial charge in [0.25, 0.3) is 0 Å². The van der Waals surface area contributed by atoms with Crippen molar-refractivity contribution in [1.82, 2.24) is 0 Å². The van der Waals surface area contributed by atoms with Crippen LogP contribution in [0.25, 0.3) is 11.0 Å². The van der Waals surface area contributed by atoms with E-state index in [2.05, 4.69) is 0 Å². The molecule has 2 aromatic rings. The minimum atomic E-state index is -0.524. The van der Waals surface area contributed by atoms with Crippen LogP contribution in [0.5, 0.6) is 11.5 Å². The highest BCUT2D eigenvalue weighted by atomic mass is 16.5. The van der Waals surface area contributed by atoms with Gasteiger partial charge in [-0.15, -0.1) is 0 Å². The molecule has 0 bridgehead atoms. The highest BCUT2D eigenvalue weighted by Crippen LogP contribution is 2.42. The van der Waals surface area contributed by atoms with Crippen LogP contribution < -0.4 is 15.1 Å². The van der Waals surface area contributed by atoms with E-state index in [0.717, 1.165) is 16.5 Å². The average molecular weight is 318 g/mol. The summed E-state index contributed by atoms with van der Waals surface area (Å²) in [4.78, 5) is 24.0. The zero-order valence-corrected chi connectivity index (χ0v) is 13.4. The summed E-state index contributed by atoms with van der Waals surface area (Å²) in [5.41, 5.74) is 1.93. The Morgan fingerprint density at radius 2 is 2.17 bits per heavy atom. The number of benzene rings is 1. The largest absolute Gasteiger partial charge is 0.493 e. The average Bonchev–Trinajstić information content (AvgIpc) is 2.99. The number of fused-ring (bicyclic) bond motifs is 3. The summed E-state index contributed by atoms with van der Waals surface area (Å²) in [6.45, 7) is 4.37. The maximum atomic E-state index is 12.2. The number of hydrogen-bond donors (Lipinski definition) is 0. The van der Waals surface area contributed by atoms with Crippen LogP contribution in [-0.2, 0) is 22.4 Å². The second-order valence-corrected chi connectivity index (χ2v) is 5.33. The van der Waals surface area contributed by atoms with Gasteiger partial charge in [0.05, 0.1) is 32.3 Å². The number of aryl methyl sites for hydroxylation is 1. The molecule has 1 aliphatic heterocycles. The summed E-state index contributed by atoms with van der Waals surface area (Å²) in [5.74, 6) is 0.786. The van der Waals surface area contributed by atoms with Gasteiger partial charge in [0.1, 0.15) is 5.58 Å². The molecule has 0 spiro atoms. The van der Waals surface area contributed by atoms with Crippen LogP contribution in [0.4, 0.5) is 0 Å². The third-order valence-electron chi connectivity index (χ3n) is 4.03. The molecule has 122 valence electrons. The van der Waals surface area contributed by atoms with E-state index in [-0.39, 0.29) is 13.0 Å². The molecule has 0 atom stereocenters. The van der Waals surface area contributed by atoms with Crippen LogP contribution in [0, 0.1) is 6.92 Å².